The van der Waals surface area contributed by atoms with E-state index in [1.807, 2.05) is 18.7 Å². The Morgan fingerprint density at radius 2 is 2.05 bits per heavy atom. The van der Waals surface area contributed by atoms with Gasteiger partial charge in [0.1, 0.15) is 18.2 Å². The number of nitrogens with one attached hydrogen (secondary N) is 1. The number of carbonyl (C=O) groups excluding carboxylic acids is 1. The predicted octanol–water partition coefficient (Wildman–Crippen LogP) is 1.63. The maximum Gasteiger partial charge on any atom is 0.231 e. The molecular formula is C17H25F2N2O+. The maximum atomic E-state index is 13.8. The summed E-state index contributed by atoms with van der Waals surface area (Å²) in [6.45, 7) is 7.60. The number of piperidine rings is 1. The molecule has 0 bridgehead atoms. The van der Waals surface area contributed by atoms with Crippen LogP contribution in [-0.2, 0) is 11.3 Å². The van der Waals surface area contributed by atoms with E-state index in [1.165, 1.54) is 17.0 Å². The summed E-state index contributed by atoms with van der Waals surface area (Å²) in [7, 11) is 0. The summed E-state index contributed by atoms with van der Waals surface area (Å²) in [6, 6.07) is 3.73. The maximum absolute atomic E-state index is 13.8. The molecule has 0 spiro atoms. The van der Waals surface area contributed by atoms with E-state index in [4.69, 9.17) is 0 Å². The Kier molecular flexibility index (Phi) is 5.89. The van der Waals surface area contributed by atoms with Crippen LogP contribution in [0.1, 0.15) is 32.3 Å². The Morgan fingerprint density at radius 1 is 1.32 bits per heavy atom. The van der Waals surface area contributed by atoms with Gasteiger partial charge in [-0.25, -0.2) is 8.78 Å². The Bertz CT molecular complexity index is 517. The van der Waals surface area contributed by atoms with Crippen molar-refractivity contribution in [3.8, 4) is 0 Å². The minimum Gasteiger partial charge on any atom is -0.343 e. The van der Waals surface area contributed by atoms with Crippen LogP contribution >= 0.6 is 0 Å². The summed E-state index contributed by atoms with van der Waals surface area (Å²) in [6.07, 6.45) is 1.88. The highest BCUT2D eigenvalue weighted by atomic mass is 19.1. The SMILES string of the molecule is CCN(CC)C(=O)[C@@H]1CCC[NH+](Cc2ccc(F)cc2F)C1. The zero-order chi connectivity index (χ0) is 16.1. The smallest absolute Gasteiger partial charge is 0.231 e. The summed E-state index contributed by atoms with van der Waals surface area (Å²) >= 11 is 0. The molecule has 1 N–H and O–H groups in total. The third-order valence-electron chi connectivity index (χ3n) is 4.50. The zero-order valence-corrected chi connectivity index (χ0v) is 13.4. The zero-order valence-electron chi connectivity index (χ0n) is 13.4. The van der Waals surface area contributed by atoms with Gasteiger partial charge in [-0.05, 0) is 38.8 Å². The lowest BCUT2D eigenvalue weighted by Gasteiger charge is -2.32. The molecule has 2 atom stereocenters. The van der Waals surface area contributed by atoms with Gasteiger partial charge in [0.2, 0.25) is 5.91 Å². The van der Waals surface area contributed by atoms with E-state index >= 15 is 0 Å². The van der Waals surface area contributed by atoms with E-state index in [9.17, 15) is 13.6 Å². The molecule has 0 aliphatic carbocycles. The number of amides is 1. The first-order valence-electron chi connectivity index (χ1n) is 8.11. The monoisotopic (exact) mass is 311 g/mol. The quantitative estimate of drug-likeness (QED) is 0.878. The van der Waals surface area contributed by atoms with Crippen molar-refractivity contribution in [1.82, 2.24) is 4.90 Å². The Morgan fingerprint density at radius 3 is 2.68 bits per heavy atom. The van der Waals surface area contributed by atoms with Crippen molar-refractivity contribution in [2.24, 2.45) is 5.92 Å². The normalized spacial score (nSPS) is 21.6. The first-order chi connectivity index (χ1) is 10.5. The molecular weight excluding hydrogens is 286 g/mol. The van der Waals surface area contributed by atoms with Crippen LogP contribution < -0.4 is 4.90 Å². The molecule has 0 saturated carbocycles. The van der Waals surface area contributed by atoms with Gasteiger partial charge in [0.05, 0.1) is 19.0 Å². The van der Waals surface area contributed by atoms with Gasteiger partial charge in [-0.1, -0.05) is 0 Å². The lowest BCUT2D eigenvalue weighted by atomic mass is 9.96. The van der Waals surface area contributed by atoms with Crippen molar-refractivity contribution >= 4 is 5.91 Å². The van der Waals surface area contributed by atoms with Crippen molar-refractivity contribution < 1.29 is 18.5 Å². The van der Waals surface area contributed by atoms with Gasteiger partial charge >= 0.3 is 0 Å². The van der Waals surface area contributed by atoms with Gasteiger partial charge in [-0.2, -0.15) is 0 Å². The third-order valence-corrected chi connectivity index (χ3v) is 4.50. The number of hydrogen-bond donors (Lipinski definition) is 1. The minimum absolute atomic E-state index is 0.0205. The topological polar surface area (TPSA) is 24.8 Å². The lowest BCUT2D eigenvalue weighted by molar-refractivity contribution is -0.921. The van der Waals surface area contributed by atoms with Gasteiger partial charge in [0, 0.05) is 24.7 Å². The molecule has 1 fully saturated rings. The standard InChI is InChI=1S/C17H24F2N2O/c1-3-21(4-2)17(22)14-6-5-9-20(12-14)11-13-7-8-15(18)10-16(13)19/h7-8,10,14H,3-6,9,11-12H2,1-2H3/p+1/t14-/m1/s1. The summed E-state index contributed by atoms with van der Waals surface area (Å²) in [5.41, 5.74) is 0.521. The second-order valence-electron chi connectivity index (χ2n) is 5.97. The van der Waals surface area contributed by atoms with Crippen LogP contribution in [0, 0.1) is 17.6 Å². The average Bonchev–Trinajstić information content (AvgIpc) is 2.51. The first-order valence-corrected chi connectivity index (χ1v) is 8.11. The second kappa shape index (κ2) is 7.68. The average molecular weight is 311 g/mol. The number of benzene rings is 1. The van der Waals surface area contributed by atoms with E-state index in [0.29, 0.717) is 12.1 Å². The van der Waals surface area contributed by atoms with Crippen LogP contribution in [0.15, 0.2) is 18.2 Å². The molecule has 1 aromatic rings. The number of rotatable bonds is 5. The molecule has 0 aromatic heterocycles. The molecule has 1 aliphatic rings. The third kappa shape index (κ3) is 4.03. The van der Waals surface area contributed by atoms with Crippen molar-refractivity contribution in [2.45, 2.75) is 33.2 Å². The molecule has 122 valence electrons. The summed E-state index contributed by atoms with van der Waals surface area (Å²) in [4.78, 5) is 15.5. The van der Waals surface area contributed by atoms with Crippen LogP contribution in [-0.4, -0.2) is 37.0 Å². The molecule has 0 radical (unpaired) electrons. The number of carbonyl (C=O) groups is 1. The number of likely N-dealkylation sites (tertiary alicyclic amines) is 1. The van der Waals surface area contributed by atoms with E-state index < -0.39 is 11.6 Å². The van der Waals surface area contributed by atoms with Gasteiger partial charge in [-0.15, -0.1) is 0 Å². The van der Waals surface area contributed by atoms with E-state index in [-0.39, 0.29) is 11.8 Å². The Hall–Kier alpha value is -1.49. The van der Waals surface area contributed by atoms with Gasteiger partial charge in [-0.3, -0.25) is 4.79 Å². The first kappa shape index (κ1) is 16.9. The van der Waals surface area contributed by atoms with E-state index in [2.05, 4.69) is 0 Å². The van der Waals surface area contributed by atoms with E-state index in [1.54, 1.807) is 0 Å². The van der Waals surface area contributed by atoms with Crippen LogP contribution in [0.5, 0.6) is 0 Å². The molecule has 1 heterocycles. The molecule has 1 aromatic carbocycles. The lowest BCUT2D eigenvalue weighted by Crippen LogP contribution is -3.12. The number of quaternary nitrogens is 1. The van der Waals surface area contributed by atoms with Crippen molar-refractivity contribution in [2.75, 3.05) is 26.2 Å². The van der Waals surface area contributed by atoms with E-state index in [0.717, 1.165) is 45.1 Å². The fraction of sp³-hybridized carbons (Fsp3) is 0.588. The van der Waals surface area contributed by atoms with Crippen molar-refractivity contribution in [1.29, 1.82) is 0 Å². The predicted molar refractivity (Wildman–Crippen MR) is 81.4 cm³/mol. The highest BCUT2D eigenvalue weighted by Gasteiger charge is 2.31. The van der Waals surface area contributed by atoms with Crippen molar-refractivity contribution in [3.05, 3.63) is 35.4 Å². The largest absolute Gasteiger partial charge is 0.343 e. The van der Waals surface area contributed by atoms with Crippen LogP contribution in [0.2, 0.25) is 0 Å². The molecule has 22 heavy (non-hydrogen) atoms. The number of hydrogen-bond acceptors (Lipinski definition) is 1. The summed E-state index contributed by atoms with van der Waals surface area (Å²) in [5, 5.41) is 0. The molecule has 5 heteroatoms. The minimum atomic E-state index is -0.551. The highest BCUT2D eigenvalue weighted by Crippen LogP contribution is 2.13. The molecule has 1 amide bonds. The fourth-order valence-corrected chi connectivity index (χ4v) is 3.25. The number of halogens is 2. The molecule has 1 unspecified atom stereocenters. The van der Waals surface area contributed by atoms with Gasteiger partial charge < -0.3 is 9.80 Å². The Balaban J connectivity index is 2.00. The van der Waals surface area contributed by atoms with Crippen molar-refractivity contribution in [3.63, 3.8) is 0 Å². The van der Waals surface area contributed by atoms with Gasteiger partial charge in [0.25, 0.3) is 0 Å². The molecule has 3 nitrogen and oxygen atoms in total. The van der Waals surface area contributed by atoms with Crippen LogP contribution in [0.4, 0.5) is 8.78 Å². The Labute approximate surface area is 130 Å². The molecule has 2 rings (SSSR count). The molecule has 1 aliphatic heterocycles. The second-order valence-corrected chi connectivity index (χ2v) is 5.97. The number of nitrogens with zero attached hydrogens (tertiary/aromatic N) is 1. The van der Waals surface area contributed by atoms with Gasteiger partial charge in [0.15, 0.2) is 0 Å². The van der Waals surface area contributed by atoms with Crippen LogP contribution in [0.25, 0.3) is 0 Å². The fourth-order valence-electron chi connectivity index (χ4n) is 3.25. The molecule has 1 saturated heterocycles. The van der Waals surface area contributed by atoms with Crippen LogP contribution in [0.3, 0.4) is 0 Å². The highest BCUT2D eigenvalue weighted by molar-refractivity contribution is 5.78. The summed E-state index contributed by atoms with van der Waals surface area (Å²) < 4.78 is 26.7. The summed E-state index contributed by atoms with van der Waals surface area (Å²) in [5.74, 6) is -0.817.